The van der Waals surface area contributed by atoms with Gasteiger partial charge in [-0.2, -0.15) is 0 Å². The van der Waals surface area contributed by atoms with Gasteiger partial charge in [-0.05, 0) is 55.5 Å². The third-order valence-corrected chi connectivity index (χ3v) is 5.30. The lowest BCUT2D eigenvalue weighted by molar-refractivity contribution is 0.336. The molecular formula is C16H18ClNS. The van der Waals surface area contributed by atoms with Gasteiger partial charge < -0.3 is 5.32 Å². The third kappa shape index (κ3) is 2.71. The Bertz CT molecular complexity index is 563. The Morgan fingerprint density at radius 3 is 2.84 bits per heavy atom. The van der Waals surface area contributed by atoms with Crippen molar-refractivity contribution in [1.29, 1.82) is 0 Å². The van der Waals surface area contributed by atoms with Crippen LogP contribution in [0, 0.1) is 5.92 Å². The zero-order valence-electron chi connectivity index (χ0n) is 11.0. The van der Waals surface area contributed by atoms with Gasteiger partial charge in [-0.3, -0.25) is 0 Å². The molecule has 2 unspecified atom stereocenters. The summed E-state index contributed by atoms with van der Waals surface area (Å²) in [4.78, 5) is 1.40. The standard InChI is InChI=1S/C16H18ClNS/c1-18-16-12(10-13-8-9-15(17)19-13)7-6-11-4-2-3-5-14(11)16/h2-5,8-9,12,16,18H,6-7,10H2,1H3. The van der Waals surface area contributed by atoms with Crippen LogP contribution in [0.5, 0.6) is 0 Å². The van der Waals surface area contributed by atoms with Gasteiger partial charge >= 0.3 is 0 Å². The molecule has 19 heavy (non-hydrogen) atoms. The van der Waals surface area contributed by atoms with Crippen LogP contribution >= 0.6 is 22.9 Å². The lowest BCUT2D eigenvalue weighted by atomic mass is 9.78. The molecule has 0 amide bonds. The van der Waals surface area contributed by atoms with Crippen LogP contribution in [-0.4, -0.2) is 7.05 Å². The van der Waals surface area contributed by atoms with Gasteiger partial charge in [0.05, 0.1) is 4.34 Å². The average molecular weight is 292 g/mol. The van der Waals surface area contributed by atoms with Crippen molar-refractivity contribution in [2.24, 2.45) is 5.92 Å². The molecule has 0 aliphatic heterocycles. The molecule has 0 saturated heterocycles. The van der Waals surface area contributed by atoms with E-state index in [0.29, 0.717) is 12.0 Å². The number of fused-ring (bicyclic) bond motifs is 1. The maximum atomic E-state index is 6.03. The molecule has 1 aromatic heterocycles. The maximum absolute atomic E-state index is 6.03. The minimum Gasteiger partial charge on any atom is -0.313 e. The quantitative estimate of drug-likeness (QED) is 0.880. The van der Waals surface area contributed by atoms with Gasteiger partial charge in [0.15, 0.2) is 0 Å². The van der Waals surface area contributed by atoms with Crippen LogP contribution in [0.4, 0.5) is 0 Å². The first-order chi connectivity index (χ1) is 9.28. The van der Waals surface area contributed by atoms with Crippen LogP contribution in [0.15, 0.2) is 36.4 Å². The largest absolute Gasteiger partial charge is 0.313 e. The Morgan fingerprint density at radius 2 is 2.11 bits per heavy atom. The first-order valence-electron chi connectivity index (χ1n) is 6.77. The summed E-state index contributed by atoms with van der Waals surface area (Å²) in [6, 6.07) is 13.5. The minimum absolute atomic E-state index is 0.464. The summed E-state index contributed by atoms with van der Waals surface area (Å²) in [5.74, 6) is 0.662. The predicted octanol–water partition coefficient (Wildman–Crippen LogP) is 4.47. The summed E-state index contributed by atoms with van der Waals surface area (Å²) >= 11 is 7.75. The number of thiophene rings is 1. The molecule has 0 radical (unpaired) electrons. The van der Waals surface area contributed by atoms with Crippen LogP contribution in [0.3, 0.4) is 0 Å². The van der Waals surface area contributed by atoms with Gasteiger partial charge in [-0.15, -0.1) is 11.3 Å². The summed E-state index contributed by atoms with van der Waals surface area (Å²) in [6.45, 7) is 0. The zero-order valence-corrected chi connectivity index (χ0v) is 12.6. The molecule has 0 saturated carbocycles. The van der Waals surface area contributed by atoms with E-state index in [4.69, 9.17) is 11.6 Å². The second-order valence-corrected chi connectivity index (χ2v) is 6.97. The van der Waals surface area contributed by atoms with Gasteiger partial charge in [-0.25, -0.2) is 0 Å². The van der Waals surface area contributed by atoms with Crippen molar-refractivity contribution in [2.45, 2.75) is 25.3 Å². The van der Waals surface area contributed by atoms with Crippen molar-refractivity contribution in [3.63, 3.8) is 0 Å². The second kappa shape index (κ2) is 5.66. The van der Waals surface area contributed by atoms with Crippen LogP contribution in [-0.2, 0) is 12.8 Å². The molecule has 0 bridgehead atoms. The highest BCUT2D eigenvalue weighted by Crippen LogP contribution is 2.37. The Labute approximate surface area is 123 Å². The highest BCUT2D eigenvalue weighted by Gasteiger charge is 2.28. The van der Waals surface area contributed by atoms with E-state index in [1.54, 1.807) is 11.3 Å². The highest BCUT2D eigenvalue weighted by atomic mass is 35.5. The van der Waals surface area contributed by atoms with Crippen molar-refractivity contribution in [2.75, 3.05) is 7.05 Å². The van der Waals surface area contributed by atoms with E-state index in [-0.39, 0.29) is 0 Å². The Balaban J connectivity index is 1.84. The summed E-state index contributed by atoms with van der Waals surface area (Å²) in [5.41, 5.74) is 2.98. The molecule has 2 atom stereocenters. The lowest BCUT2D eigenvalue weighted by Gasteiger charge is -2.33. The molecular weight excluding hydrogens is 274 g/mol. The minimum atomic E-state index is 0.464. The number of nitrogens with one attached hydrogen (secondary N) is 1. The molecule has 1 aliphatic carbocycles. The molecule has 1 heterocycles. The van der Waals surface area contributed by atoms with E-state index >= 15 is 0 Å². The SMILES string of the molecule is CNC1c2ccccc2CCC1Cc1ccc(Cl)s1. The van der Waals surface area contributed by atoms with E-state index in [9.17, 15) is 0 Å². The van der Waals surface area contributed by atoms with E-state index in [2.05, 4.69) is 42.7 Å². The van der Waals surface area contributed by atoms with Crippen LogP contribution < -0.4 is 5.32 Å². The topological polar surface area (TPSA) is 12.0 Å². The monoisotopic (exact) mass is 291 g/mol. The van der Waals surface area contributed by atoms with Crippen LogP contribution in [0.25, 0.3) is 0 Å². The summed E-state index contributed by atoms with van der Waals surface area (Å²) in [5, 5.41) is 3.51. The first-order valence-corrected chi connectivity index (χ1v) is 7.96. The van der Waals surface area contributed by atoms with Crippen LogP contribution in [0.2, 0.25) is 4.34 Å². The van der Waals surface area contributed by atoms with E-state index < -0.39 is 0 Å². The normalized spacial score (nSPS) is 22.2. The zero-order chi connectivity index (χ0) is 13.2. The summed E-state index contributed by atoms with van der Waals surface area (Å²) in [7, 11) is 2.07. The van der Waals surface area contributed by atoms with Crippen molar-refractivity contribution >= 4 is 22.9 Å². The number of hydrogen-bond donors (Lipinski definition) is 1. The van der Waals surface area contributed by atoms with Gasteiger partial charge in [0, 0.05) is 10.9 Å². The molecule has 2 aromatic rings. The number of rotatable bonds is 3. The van der Waals surface area contributed by atoms with Gasteiger partial charge in [-0.1, -0.05) is 35.9 Å². The first kappa shape index (κ1) is 13.2. The molecule has 1 aromatic carbocycles. The smallest absolute Gasteiger partial charge is 0.0931 e. The second-order valence-electron chi connectivity index (χ2n) is 5.17. The van der Waals surface area contributed by atoms with Crippen molar-refractivity contribution in [1.82, 2.24) is 5.32 Å². The fraction of sp³-hybridized carbons (Fsp3) is 0.375. The van der Waals surface area contributed by atoms with E-state index in [1.807, 2.05) is 6.07 Å². The van der Waals surface area contributed by atoms with Crippen molar-refractivity contribution in [3.8, 4) is 0 Å². The van der Waals surface area contributed by atoms with Crippen molar-refractivity contribution in [3.05, 3.63) is 56.7 Å². The summed E-state index contributed by atoms with van der Waals surface area (Å²) in [6.07, 6.45) is 3.56. The molecule has 1 nitrogen and oxygen atoms in total. The molecule has 1 N–H and O–H groups in total. The molecule has 1 aliphatic rings. The third-order valence-electron chi connectivity index (χ3n) is 4.05. The van der Waals surface area contributed by atoms with Gasteiger partial charge in [0.2, 0.25) is 0 Å². The fourth-order valence-corrected chi connectivity index (χ4v) is 4.34. The number of hydrogen-bond acceptors (Lipinski definition) is 2. The molecule has 0 fully saturated rings. The summed E-state index contributed by atoms with van der Waals surface area (Å²) < 4.78 is 0.896. The lowest BCUT2D eigenvalue weighted by Crippen LogP contribution is -2.31. The van der Waals surface area contributed by atoms with Gasteiger partial charge in [0.1, 0.15) is 0 Å². The fourth-order valence-electron chi connectivity index (χ4n) is 3.16. The Morgan fingerprint density at radius 1 is 1.26 bits per heavy atom. The predicted molar refractivity (Wildman–Crippen MR) is 83.1 cm³/mol. The highest BCUT2D eigenvalue weighted by molar-refractivity contribution is 7.16. The average Bonchev–Trinajstić information content (AvgIpc) is 2.84. The number of halogens is 1. The maximum Gasteiger partial charge on any atom is 0.0931 e. The Hall–Kier alpha value is -0.830. The van der Waals surface area contributed by atoms with Gasteiger partial charge in [0.25, 0.3) is 0 Å². The molecule has 0 spiro atoms. The molecule has 100 valence electrons. The number of benzene rings is 1. The van der Waals surface area contributed by atoms with Crippen LogP contribution in [0.1, 0.15) is 28.5 Å². The van der Waals surface area contributed by atoms with E-state index in [1.165, 1.54) is 28.8 Å². The molecule has 3 heteroatoms. The Kier molecular flexibility index (Phi) is 3.92. The van der Waals surface area contributed by atoms with Crippen molar-refractivity contribution < 1.29 is 0 Å². The van der Waals surface area contributed by atoms with E-state index in [0.717, 1.165) is 10.8 Å². The molecule has 3 rings (SSSR count). The number of aryl methyl sites for hydroxylation is 1.